The molecular formula is C37H36O5. The maximum absolute atomic E-state index is 12.4. The van der Waals surface area contributed by atoms with E-state index in [-0.39, 0.29) is 6.61 Å². The Labute approximate surface area is 248 Å². The molecule has 4 aromatic carbocycles. The Morgan fingerprint density at radius 3 is 1.88 bits per heavy atom. The third-order valence-corrected chi connectivity index (χ3v) is 7.25. The molecule has 0 spiro atoms. The van der Waals surface area contributed by atoms with Gasteiger partial charge in [0.15, 0.2) is 0 Å². The Morgan fingerprint density at radius 1 is 0.714 bits per heavy atom. The van der Waals surface area contributed by atoms with Crippen molar-refractivity contribution in [1.29, 1.82) is 0 Å². The molecule has 214 valence electrons. The van der Waals surface area contributed by atoms with Crippen molar-refractivity contribution in [3.05, 3.63) is 132 Å². The Bertz CT molecular complexity index is 1600. The van der Waals surface area contributed by atoms with Gasteiger partial charge < -0.3 is 18.9 Å². The minimum Gasteiger partial charge on any atom is -0.491 e. The van der Waals surface area contributed by atoms with E-state index >= 15 is 0 Å². The molecule has 0 saturated heterocycles. The first-order valence-corrected chi connectivity index (χ1v) is 14.3. The van der Waals surface area contributed by atoms with Crippen LogP contribution in [0, 0.1) is 0 Å². The second-order valence-electron chi connectivity index (χ2n) is 10.2. The van der Waals surface area contributed by atoms with E-state index < -0.39 is 5.97 Å². The number of allylic oxidation sites excluding steroid dienone is 1. The van der Waals surface area contributed by atoms with Crippen LogP contribution in [-0.4, -0.2) is 32.4 Å². The average Bonchev–Trinajstić information content (AvgIpc) is 3.59. The SMILES string of the molecule is C=CC.CC(=COc1cccc2c1Cc1ccccc1-2)C(=O)OCCOCCOc1cccc2c1Cc1ccccc1-2. The minimum atomic E-state index is -0.426. The zero-order chi connectivity index (χ0) is 29.3. The molecule has 4 aromatic rings. The number of ether oxygens (including phenoxy) is 4. The topological polar surface area (TPSA) is 54.0 Å². The van der Waals surface area contributed by atoms with Crippen molar-refractivity contribution in [3.8, 4) is 33.8 Å². The van der Waals surface area contributed by atoms with Gasteiger partial charge in [-0.25, -0.2) is 4.79 Å². The monoisotopic (exact) mass is 560 g/mol. The maximum atomic E-state index is 12.4. The first-order valence-electron chi connectivity index (χ1n) is 14.3. The smallest absolute Gasteiger partial charge is 0.336 e. The molecule has 0 saturated carbocycles. The highest BCUT2D eigenvalue weighted by Crippen LogP contribution is 2.42. The van der Waals surface area contributed by atoms with Gasteiger partial charge in [-0.05, 0) is 59.4 Å². The first-order chi connectivity index (χ1) is 20.6. The number of carbonyl (C=O) groups excluding carboxylic acids is 1. The molecule has 0 fully saturated rings. The van der Waals surface area contributed by atoms with Crippen molar-refractivity contribution in [1.82, 2.24) is 0 Å². The zero-order valence-electron chi connectivity index (χ0n) is 24.2. The number of esters is 1. The molecule has 5 heteroatoms. The molecule has 2 aliphatic rings. The molecule has 0 radical (unpaired) electrons. The van der Waals surface area contributed by atoms with Gasteiger partial charge in [0.25, 0.3) is 0 Å². The Hall–Kier alpha value is -4.61. The molecule has 0 aromatic heterocycles. The molecule has 0 unspecified atom stereocenters. The van der Waals surface area contributed by atoms with Crippen LogP contribution in [0.1, 0.15) is 36.1 Å². The largest absolute Gasteiger partial charge is 0.491 e. The van der Waals surface area contributed by atoms with Crippen LogP contribution in [0.5, 0.6) is 11.5 Å². The van der Waals surface area contributed by atoms with E-state index in [4.69, 9.17) is 18.9 Å². The van der Waals surface area contributed by atoms with Crippen LogP contribution in [-0.2, 0) is 27.1 Å². The highest BCUT2D eigenvalue weighted by Gasteiger charge is 2.22. The first kappa shape index (κ1) is 28.9. The predicted octanol–water partition coefficient (Wildman–Crippen LogP) is 7.94. The summed E-state index contributed by atoms with van der Waals surface area (Å²) in [6.45, 7) is 8.24. The molecule has 0 heterocycles. The van der Waals surface area contributed by atoms with Crippen molar-refractivity contribution >= 4 is 5.97 Å². The van der Waals surface area contributed by atoms with E-state index in [1.54, 1.807) is 13.0 Å². The lowest BCUT2D eigenvalue weighted by Gasteiger charge is -2.11. The highest BCUT2D eigenvalue weighted by molar-refractivity contribution is 5.87. The van der Waals surface area contributed by atoms with Crippen molar-refractivity contribution in [3.63, 3.8) is 0 Å². The molecule has 0 amide bonds. The second kappa shape index (κ2) is 13.8. The number of fused-ring (bicyclic) bond motifs is 6. The van der Waals surface area contributed by atoms with E-state index in [9.17, 15) is 4.79 Å². The Morgan fingerprint density at radius 2 is 1.24 bits per heavy atom. The molecule has 0 bridgehead atoms. The van der Waals surface area contributed by atoms with Crippen LogP contribution in [0.15, 0.2) is 109 Å². The molecule has 5 nitrogen and oxygen atoms in total. The third kappa shape index (κ3) is 6.48. The molecule has 0 atom stereocenters. The fraction of sp³-hybridized carbons (Fsp3) is 0.216. The number of hydrogen-bond donors (Lipinski definition) is 0. The molecule has 0 N–H and O–H groups in total. The van der Waals surface area contributed by atoms with Crippen molar-refractivity contribution in [2.24, 2.45) is 0 Å². The van der Waals surface area contributed by atoms with Crippen LogP contribution in [0.4, 0.5) is 0 Å². The van der Waals surface area contributed by atoms with Crippen LogP contribution in [0.2, 0.25) is 0 Å². The van der Waals surface area contributed by atoms with Crippen LogP contribution in [0.3, 0.4) is 0 Å². The Kier molecular flexibility index (Phi) is 9.52. The van der Waals surface area contributed by atoms with Gasteiger partial charge in [-0.2, -0.15) is 0 Å². The van der Waals surface area contributed by atoms with Crippen molar-refractivity contribution in [2.45, 2.75) is 26.7 Å². The van der Waals surface area contributed by atoms with Crippen LogP contribution >= 0.6 is 0 Å². The quantitative estimate of drug-likeness (QED) is 0.0560. The van der Waals surface area contributed by atoms with Gasteiger partial charge >= 0.3 is 5.97 Å². The van der Waals surface area contributed by atoms with E-state index in [1.807, 2.05) is 37.3 Å². The summed E-state index contributed by atoms with van der Waals surface area (Å²) in [5.41, 5.74) is 10.3. The number of rotatable bonds is 10. The van der Waals surface area contributed by atoms with Gasteiger partial charge in [-0.15, -0.1) is 6.58 Å². The summed E-state index contributed by atoms with van der Waals surface area (Å²) in [4.78, 5) is 12.4. The van der Waals surface area contributed by atoms with Crippen molar-refractivity contribution < 1.29 is 23.7 Å². The lowest BCUT2D eigenvalue weighted by Crippen LogP contribution is -2.14. The summed E-state index contributed by atoms with van der Waals surface area (Å²) in [5.74, 6) is 1.23. The number of carbonyl (C=O) groups is 1. The zero-order valence-corrected chi connectivity index (χ0v) is 24.2. The van der Waals surface area contributed by atoms with Gasteiger partial charge in [0.2, 0.25) is 0 Å². The summed E-state index contributed by atoms with van der Waals surface area (Å²) >= 11 is 0. The molecule has 6 rings (SSSR count). The van der Waals surface area contributed by atoms with Crippen LogP contribution < -0.4 is 9.47 Å². The fourth-order valence-electron chi connectivity index (χ4n) is 5.32. The standard InChI is InChI=1S/C34H30O5.C3H6/c1-23(22-39-33-15-7-13-29-27-11-5-3-9-25(27)21-31(29)33)34(35)38-19-17-36-16-18-37-32-14-6-12-28-26-10-4-2-8-24(26)20-30(28)32;1-3-2/h2-15,22H,16-21H2,1H3;3H,1H2,2H3. The number of hydrogen-bond acceptors (Lipinski definition) is 5. The molecular weight excluding hydrogens is 524 g/mol. The summed E-state index contributed by atoms with van der Waals surface area (Å²) in [6, 6.07) is 29.0. The highest BCUT2D eigenvalue weighted by atomic mass is 16.6. The second-order valence-corrected chi connectivity index (χ2v) is 10.2. The van der Waals surface area contributed by atoms with Crippen molar-refractivity contribution in [2.75, 3.05) is 26.4 Å². The molecule has 42 heavy (non-hydrogen) atoms. The van der Waals surface area contributed by atoms with Gasteiger partial charge in [0, 0.05) is 24.0 Å². The van der Waals surface area contributed by atoms with Gasteiger partial charge in [0.1, 0.15) is 31.0 Å². The molecule has 2 aliphatic carbocycles. The average molecular weight is 561 g/mol. The van der Waals surface area contributed by atoms with E-state index in [0.29, 0.717) is 25.4 Å². The molecule has 0 aliphatic heterocycles. The lowest BCUT2D eigenvalue weighted by molar-refractivity contribution is -0.140. The Balaban J connectivity index is 0.00000113. The van der Waals surface area contributed by atoms with E-state index in [2.05, 4.69) is 61.2 Å². The summed E-state index contributed by atoms with van der Waals surface area (Å²) in [6.07, 6.45) is 4.92. The fourth-order valence-corrected chi connectivity index (χ4v) is 5.32. The summed E-state index contributed by atoms with van der Waals surface area (Å²) in [7, 11) is 0. The normalized spacial score (nSPS) is 12.2. The third-order valence-electron chi connectivity index (χ3n) is 7.25. The summed E-state index contributed by atoms with van der Waals surface area (Å²) in [5, 5.41) is 0. The van der Waals surface area contributed by atoms with E-state index in [1.165, 1.54) is 45.2 Å². The maximum Gasteiger partial charge on any atom is 0.336 e. The minimum absolute atomic E-state index is 0.163. The van der Waals surface area contributed by atoms with Gasteiger partial charge in [-0.1, -0.05) is 78.9 Å². The van der Waals surface area contributed by atoms with Crippen LogP contribution in [0.25, 0.3) is 22.3 Å². The van der Waals surface area contributed by atoms with E-state index in [0.717, 1.165) is 29.9 Å². The summed E-state index contributed by atoms with van der Waals surface area (Å²) < 4.78 is 22.9. The predicted molar refractivity (Wildman–Crippen MR) is 167 cm³/mol. The van der Waals surface area contributed by atoms with Gasteiger partial charge in [0.05, 0.1) is 18.8 Å². The number of benzene rings is 4. The lowest BCUT2D eigenvalue weighted by atomic mass is 10.1. The van der Waals surface area contributed by atoms with Gasteiger partial charge in [-0.3, -0.25) is 0 Å².